The third kappa shape index (κ3) is 3.63. The van der Waals surface area contributed by atoms with Gasteiger partial charge in [-0.2, -0.15) is 5.10 Å². The van der Waals surface area contributed by atoms with Gasteiger partial charge in [-0.15, -0.1) is 0 Å². The Labute approximate surface area is 162 Å². The molecule has 1 N–H and O–H groups in total. The van der Waals surface area contributed by atoms with Gasteiger partial charge in [0.2, 0.25) is 10.0 Å². The normalized spacial score (nSPS) is 17.8. The van der Waals surface area contributed by atoms with Gasteiger partial charge >= 0.3 is 0 Å². The van der Waals surface area contributed by atoms with E-state index >= 15 is 0 Å². The van der Waals surface area contributed by atoms with Crippen molar-refractivity contribution in [2.45, 2.75) is 23.8 Å². The lowest BCUT2D eigenvalue weighted by Crippen LogP contribution is -2.48. The van der Waals surface area contributed by atoms with Gasteiger partial charge in [-0.05, 0) is 31.0 Å². The average Bonchev–Trinajstić information content (AvgIpc) is 2.69. The number of benzene rings is 1. The SMILES string of the molecule is Cn1nc(N2CCCC(NS(=O)(=O)c3cccc4cccnc34)C2)ccc1=O. The molecule has 1 aliphatic rings. The van der Waals surface area contributed by atoms with E-state index in [0.717, 1.165) is 24.8 Å². The average molecular weight is 399 g/mol. The number of aryl methyl sites for hydroxylation is 1. The zero-order chi connectivity index (χ0) is 19.7. The van der Waals surface area contributed by atoms with Crippen LogP contribution in [0.2, 0.25) is 0 Å². The van der Waals surface area contributed by atoms with E-state index < -0.39 is 10.0 Å². The first kappa shape index (κ1) is 18.6. The lowest BCUT2D eigenvalue weighted by molar-refractivity contribution is 0.461. The van der Waals surface area contributed by atoms with Crippen molar-refractivity contribution in [3.63, 3.8) is 0 Å². The summed E-state index contributed by atoms with van der Waals surface area (Å²) in [5.41, 5.74) is 0.284. The maximum Gasteiger partial charge on any atom is 0.266 e. The highest BCUT2D eigenvalue weighted by molar-refractivity contribution is 7.89. The summed E-state index contributed by atoms with van der Waals surface area (Å²) in [6.07, 6.45) is 3.15. The quantitative estimate of drug-likeness (QED) is 0.710. The molecule has 3 aromatic rings. The van der Waals surface area contributed by atoms with E-state index in [1.54, 1.807) is 37.5 Å². The van der Waals surface area contributed by atoms with E-state index in [9.17, 15) is 13.2 Å². The first-order valence-electron chi connectivity index (χ1n) is 9.09. The molecule has 9 heteroatoms. The van der Waals surface area contributed by atoms with Gasteiger partial charge in [0.05, 0.1) is 5.52 Å². The first-order chi connectivity index (χ1) is 13.4. The van der Waals surface area contributed by atoms with E-state index in [4.69, 9.17) is 0 Å². The van der Waals surface area contributed by atoms with Crippen LogP contribution in [0.5, 0.6) is 0 Å². The van der Waals surface area contributed by atoms with E-state index in [1.165, 1.54) is 10.7 Å². The molecule has 3 heterocycles. The zero-order valence-electron chi connectivity index (χ0n) is 15.4. The van der Waals surface area contributed by atoms with Crippen molar-refractivity contribution in [1.82, 2.24) is 19.5 Å². The molecule has 0 aliphatic carbocycles. The molecular weight excluding hydrogens is 378 g/mol. The summed E-state index contributed by atoms with van der Waals surface area (Å²) in [5, 5.41) is 5.05. The molecule has 0 saturated carbocycles. The molecule has 0 radical (unpaired) electrons. The molecule has 1 saturated heterocycles. The molecule has 146 valence electrons. The van der Waals surface area contributed by atoms with Crippen molar-refractivity contribution in [2.75, 3.05) is 18.0 Å². The van der Waals surface area contributed by atoms with Crippen LogP contribution in [0, 0.1) is 0 Å². The van der Waals surface area contributed by atoms with E-state index in [0.29, 0.717) is 17.9 Å². The predicted molar refractivity (Wildman–Crippen MR) is 107 cm³/mol. The number of piperidine rings is 1. The van der Waals surface area contributed by atoms with Crippen LogP contribution >= 0.6 is 0 Å². The van der Waals surface area contributed by atoms with Crippen LogP contribution in [0.4, 0.5) is 5.82 Å². The molecule has 28 heavy (non-hydrogen) atoms. The molecule has 8 nitrogen and oxygen atoms in total. The minimum absolute atomic E-state index is 0.179. The van der Waals surface area contributed by atoms with Crippen LogP contribution in [0.25, 0.3) is 10.9 Å². The Morgan fingerprint density at radius 3 is 2.79 bits per heavy atom. The molecule has 0 spiro atoms. The number of nitrogens with one attached hydrogen (secondary N) is 1. The smallest absolute Gasteiger partial charge is 0.266 e. The van der Waals surface area contributed by atoms with Gasteiger partial charge in [-0.3, -0.25) is 9.78 Å². The number of pyridine rings is 1. The highest BCUT2D eigenvalue weighted by Crippen LogP contribution is 2.23. The van der Waals surface area contributed by atoms with Crippen LogP contribution in [0.1, 0.15) is 12.8 Å². The number of para-hydroxylation sites is 1. The monoisotopic (exact) mass is 399 g/mol. The molecule has 4 rings (SSSR count). The number of nitrogens with zero attached hydrogens (tertiary/aromatic N) is 4. The number of fused-ring (bicyclic) bond motifs is 1. The molecule has 1 atom stereocenters. The van der Waals surface area contributed by atoms with E-state index in [2.05, 4.69) is 14.8 Å². The Balaban J connectivity index is 1.57. The second-order valence-corrected chi connectivity index (χ2v) is 8.57. The summed E-state index contributed by atoms with van der Waals surface area (Å²) < 4.78 is 30.2. The highest BCUT2D eigenvalue weighted by atomic mass is 32.2. The maximum atomic E-state index is 13.0. The fraction of sp³-hybridized carbons (Fsp3) is 0.316. The highest BCUT2D eigenvalue weighted by Gasteiger charge is 2.27. The molecule has 1 fully saturated rings. The van der Waals surface area contributed by atoms with Gasteiger partial charge in [0.1, 0.15) is 10.7 Å². The zero-order valence-corrected chi connectivity index (χ0v) is 16.3. The molecule has 1 aromatic carbocycles. The lowest BCUT2D eigenvalue weighted by atomic mass is 10.1. The van der Waals surface area contributed by atoms with Gasteiger partial charge in [0, 0.05) is 43.8 Å². The van der Waals surface area contributed by atoms with Crippen molar-refractivity contribution < 1.29 is 8.42 Å². The van der Waals surface area contributed by atoms with Crippen LogP contribution in [0.3, 0.4) is 0 Å². The van der Waals surface area contributed by atoms with Crippen molar-refractivity contribution in [1.29, 1.82) is 0 Å². The predicted octanol–water partition coefficient (Wildman–Crippen LogP) is 1.28. The molecular formula is C19H21N5O3S. The first-order valence-corrected chi connectivity index (χ1v) is 10.6. The summed E-state index contributed by atoms with van der Waals surface area (Å²) in [5.74, 6) is 0.665. The lowest BCUT2D eigenvalue weighted by Gasteiger charge is -2.33. The van der Waals surface area contributed by atoms with Crippen LogP contribution in [0.15, 0.2) is 58.4 Å². The molecule has 2 aromatic heterocycles. The van der Waals surface area contributed by atoms with Gasteiger partial charge in [-0.1, -0.05) is 18.2 Å². The Morgan fingerprint density at radius 2 is 1.96 bits per heavy atom. The topological polar surface area (TPSA) is 97.2 Å². The second kappa shape index (κ2) is 7.33. The summed E-state index contributed by atoms with van der Waals surface area (Å²) in [6, 6.07) is 11.7. The Morgan fingerprint density at radius 1 is 1.14 bits per heavy atom. The number of sulfonamides is 1. The van der Waals surface area contributed by atoms with Gasteiger partial charge in [0.15, 0.2) is 0 Å². The molecule has 1 aliphatic heterocycles. The van der Waals surface area contributed by atoms with Crippen molar-refractivity contribution in [3.05, 3.63) is 59.0 Å². The van der Waals surface area contributed by atoms with Crippen molar-refractivity contribution in [2.24, 2.45) is 7.05 Å². The fourth-order valence-corrected chi connectivity index (χ4v) is 4.96. The Bertz CT molecular complexity index is 1170. The number of hydrogen-bond donors (Lipinski definition) is 1. The molecule has 1 unspecified atom stereocenters. The van der Waals surface area contributed by atoms with Crippen molar-refractivity contribution >= 4 is 26.7 Å². The third-order valence-corrected chi connectivity index (χ3v) is 6.45. The van der Waals surface area contributed by atoms with Gasteiger partial charge in [0.25, 0.3) is 5.56 Å². The number of aromatic nitrogens is 3. The summed E-state index contributed by atoms with van der Waals surface area (Å²) >= 11 is 0. The maximum absolute atomic E-state index is 13.0. The molecule has 0 amide bonds. The van der Waals surface area contributed by atoms with Crippen LogP contribution in [-0.4, -0.2) is 42.3 Å². The van der Waals surface area contributed by atoms with Crippen LogP contribution in [-0.2, 0) is 17.1 Å². The minimum Gasteiger partial charge on any atom is -0.354 e. The minimum atomic E-state index is -3.72. The summed E-state index contributed by atoms with van der Waals surface area (Å²) in [6.45, 7) is 1.25. The van der Waals surface area contributed by atoms with Crippen molar-refractivity contribution in [3.8, 4) is 0 Å². The van der Waals surface area contributed by atoms with Gasteiger partial charge < -0.3 is 4.90 Å². The number of rotatable bonds is 4. The molecule has 0 bridgehead atoms. The standard InChI is InChI=1S/C19H21N5O3S/c1-23-18(25)10-9-17(21-23)24-12-4-7-15(13-24)22-28(26,27)16-8-2-5-14-6-3-11-20-19(14)16/h2-3,5-6,8-11,15,22H,4,7,12-13H2,1H3. The summed E-state index contributed by atoms with van der Waals surface area (Å²) in [4.78, 5) is 18.0. The Hall–Kier alpha value is -2.78. The van der Waals surface area contributed by atoms with E-state index in [1.807, 2.05) is 17.0 Å². The van der Waals surface area contributed by atoms with Crippen LogP contribution < -0.4 is 15.2 Å². The van der Waals surface area contributed by atoms with E-state index in [-0.39, 0.29) is 16.5 Å². The fourth-order valence-electron chi connectivity index (χ4n) is 3.52. The van der Waals surface area contributed by atoms with Gasteiger partial charge in [-0.25, -0.2) is 17.8 Å². The largest absolute Gasteiger partial charge is 0.354 e. The Kier molecular flexibility index (Phi) is 4.86. The number of hydrogen-bond acceptors (Lipinski definition) is 6. The summed E-state index contributed by atoms with van der Waals surface area (Å²) in [7, 11) is -2.12. The third-order valence-electron chi connectivity index (χ3n) is 4.90. The number of anilines is 1. The second-order valence-electron chi connectivity index (χ2n) is 6.89.